The molecule has 0 saturated heterocycles. The van der Waals surface area contributed by atoms with Gasteiger partial charge < -0.3 is 4.52 Å². The van der Waals surface area contributed by atoms with Gasteiger partial charge in [-0.25, -0.2) is 4.39 Å². The van der Waals surface area contributed by atoms with Crippen LogP contribution in [0.25, 0.3) is 10.8 Å². The first-order valence-electron chi connectivity index (χ1n) is 5.93. The van der Waals surface area contributed by atoms with E-state index < -0.39 is 5.82 Å². The van der Waals surface area contributed by atoms with Gasteiger partial charge in [-0.05, 0) is 23.8 Å². The Morgan fingerprint density at radius 3 is 2.95 bits per heavy atom. The largest absolute Gasteiger partial charge is 0.333 e. The topological polar surface area (TPSA) is 62.7 Å². The number of halogens is 2. The molecule has 104 valence electrons. The first-order valence-corrected chi connectivity index (χ1v) is 7.12. The molecule has 0 saturated carbocycles. The summed E-state index contributed by atoms with van der Waals surface area (Å²) in [5.41, 5.74) is 0.402. The number of nitriles is 1. The Morgan fingerprint density at radius 1 is 1.33 bits per heavy atom. The van der Waals surface area contributed by atoms with E-state index in [1.807, 2.05) is 6.07 Å². The first-order chi connectivity index (χ1) is 10.2. The molecule has 0 N–H and O–H groups in total. The number of hydrogen-bond acceptors (Lipinski definition) is 5. The molecule has 1 aromatic carbocycles. The minimum absolute atomic E-state index is 0.0631. The monoisotopic (exact) mass is 319 g/mol. The highest BCUT2D eigenvalue weighted by Gasteiger charge is 2.14. The molecule has 0 radical (unpaired) electrons. The van der Waals surface area contributed by atoms with Crippen LogP contribution >= 0.6 is 22.9 Å². The number of hydrogen-bond donors (Lipinski definition) is 0. The predicted octanol–water partition coefficient (Wildman–Crippen LogP) is 4.05. The zero-order valence-electron chi connectivity index (χ0n) is 10.5. The number of aromatic nitrogens is 2. The fourth-order valence-electron chi connectivity index (χ4n) is 1.79. The average molecular weight is 320 g/mol. The van der Waals surface area contributed by atoms with Crippen LogP contribution in [0.4, 0.5) is 4.39 Å². The van der Waals surface area contributed by atoms with E-state index in [4.69, 9.17) is 21.4 Å². The highest BCUT2D eigenvalue weighted by atomic mass is 35.5. The van der Waals surface area contributed by atoms with Gasteiger partial charge in [0.25, 0.3) is 5.89 Å². The molecule has 0 unspecified atom stereocenters. The Morgan fingerprint density at radius 2 is 2.19 bits per heavy atom. The average Bonchev–Trinajstić information content (AvgIpc) is 3.12. The Kier molecular flexibility index (Phi) is 3.69. The van der Waals surface area contributed by atoms with Crippen LogP contribution in [0.15, 0.2) is 34.9 Å². The molecule has 0 aliphatic heterocycles. The van der Waals surface area contributed by atoms with Crippen LogP contribution in [0.1, 0.15) is 16.3 Å². The van der Waals surface area contributed by atoms with Gasteiger partial charge in [-0.3, -0.25) is 0 Å². The zero-order valence-corrected chi connectivity index (χ0v) is 12.1. The van der Waals surface area contributed by atoms with Crippen LogP contribution in [-0.4, -0.2) is 10.1 Å². The van der Waals surface area contributed by atoms with E-state index in [9.17, 15) is 4.39 Å². The molecule has 4 nitrogen and oxygen atoms in total. The van der Waals surface area contributed by atoms with Gasteiger partial charge in [-0.15, -0.1) is 11.3 Å². The molecule has 3 rings (SSSR count). The Labute approximate surface area is 128 Å². The molecule has 0 fully saturated rings. The summed E-state index contributed by atoms with van der Waals surface area (Å²) in [5.74, 6) is 0.199. The van der Waals surface area contributed by atoms with Crippen molar-refractivity contribution in [3.05, 3.63) is 57.4 Å². The molecule has 0 aliphatic rings. The summed E-state index contributed by atoms with van der Waals surface area (Å²) in [6.45, 7) is 0. The van der Waals surface area contributed by atoms with Crippen molar-refractivity contribution in [1.82, 2.24) is 10.1 Å². The lowest BCUT2D eigenvalue weighted by Gasteiger charge is -2.00. The van der Waals surface area contributed by atoms with Crippen molar-refractivity contribution in [3.8, 4) is 16.8 Å². The van der Waals surface area contributed by atoms with Gasteiger partial charge in [0.2, 0.25) is 0 Å². The van der Waals surface area contributed by atoms with Gasteiger partial charge in [-0.1, -0.05) is 28.9 Å². The molecular formula is C14H7ClFN3OS. The molecule has 0 aliphatic carbocycles. The van der Waals surface area contributed by atoms with Crippen molar-refractivity contribution in [2.45, 2.75) is 6.42 Å². The lowest BCUT2D eigenvalue weighted by molar-refractivity contribution is 0.424. The summed E-state index contributed by atoms with van der Waals surface area (Å²) in [6, 6.07) is 10.2. The maximum Gasteiger partial charge on any atom is 0.268 e. The van der Waals surface area contributed by atoms with Crippen LogP contribution in [0.3, 0.4) is 0 Å². The maximum atomic E-state index is 13.8. The Hall–Kier alpha value is -2.23. The van der Waals surface area contributed by atoms with Crippen molar-refractivity contribution in [2.75, 3.05) is 0 Å². The molecule has 0 amide bonds. The number of benzene rings is 1. The summed E-state index contributed by atoms with van der Waals surface area (Å²) in [6.07, 6.45) is 0.187. The molecule has 0 spiro atoms. The van der Waals surface area contributed by atoms with Gasteiger partial charge >= 0.3 is 0 Å². The van der Waals surface area contributed by atoms with E-state index in [1.165, 1.54) is 17.4 Å². The van der Waals surface area contributed by atoms with Gasteiger partial charge in [0.05, 0.1) is 9.90 Å². The van der Waals surface area contributed by atoms with Gasteiger partial charge in [-0.2, -0.15) is 10.2 Å². The lowest BCUT2D eigenvalue weighted by atomic mass is 10.1. The zero-order chi connectivity index (χ0) is 14.8. The lowest BCUT2D eigenvalue weighted by Crippen LogP contribution is -1.95. The summed E-state index contributed by atoms with van der Waals surface area (Å²) in [4.78, 5) is 5.47. The molecule has 7 heteroatoms. The molecule has 3 aromatic rings. The molecule has 2 heterocycles. The third kappa shape index (κ3) is 2.79. The van der Waals surface area contributed by atoms with Crippen LogP contribution in [0.5, 0.6) is 0 Å². The number of rotatable bonds is 3. The smallest absolute Gasteiger partial charge is 0.268 e. The molecular weight excluding hydrogens is 313 g/mol. The summed E-state index contributed by atoms with van der Waals surface area (Å²) >= 11 is 6.99. The fourth-order valence-corrected chi connectivity index (χ4v) is 2.71. The van der Waals surface area contributed by atoms with Crippen LogP contribution in [0, 0.1) is 17.1 Å². The third-order valence-electron chi connectivity index (χ3n) is 2.78. The Bertz CT molecular complexity index is 837. The summed E-state index contributed by atoms with van der Waals surface area (Å²) in [5, 5.41) is 12.7. The van der Waals surface area contributed by atoms with Gasteiger partial charge in [0, 0.05) is 6.42 Å². The van der Waals surface area contributed by atoms with Crippen molar-refractivity contribution in [1.29, 1.82) is 5.26 Å². The van der Waals surface area contributed by atoms with E-state index in [2.05, 4.69) is 10.1 Å². The van der Waals surface area contributed by atoms with E-state index >= 15 is 0 Å². The second-order valence-corrected chi connectivity index (χ2v) is 5.67. The van der Waals surface area contributed by atoms with E-state index in [1.54, 1.807) is 24.3 Å². The van der Waals surface area contributed by atoms with Crippen molar-refractivity contribution >= 4 is 22.9 Å². The molecule has 0 bridgehead atoms. The highest BCUT2D eigenvalue weighted by Crippen LogP contribution is 2.27. The second-order valence-electron chi connectivity index (χ2n) is 4.18. The molecule has 0 atom stereocenters. The predicted molar refractivity (Wildman–Crippen MR) is 76.5 cm³/mol. The molecule has 2 aromatic heterocycles. The van der Waals surface area contributed by atoms with Crippen molar-refractivity contribution < 1.29 is 8.91 Å². The number of nitrogens with zero attached hydrogens (tertiary/aromatic N) is 3. The highest BCUT2D eigenvalue weighted by molar-refractivity contribution is 7.15. The van der Waals surface area contributed by atoms with Crippen molar-refractivity contribution in [2.24, 2.45) is 0 Å². The van der Waals surface area contributed by atoms with Crippen LogP contribution in [0.2, 0.25) is 5.02 Å². The van der Waals surface area contributed by atoms with E-state index in [0.29, 0.717) is 27.0 Å². The fraction of sp³-hybridized carbons (Fsp3) is 0.0714. The molecule has 21 heavy (non-hydrogen) atoms. The second kappa shape index (κ2) is 5.64. The quantitative estimate of drug-likeness (QED) is 0.730. The summed E-state index contributed by atoms with van der Waals surface area (Å²) in [7, 11) is 0. The van der Waals surface area contributed by atoms with Gasteiger partial charge in [0.15, 0.2) is 5.82 Å². The maximum absolute atomic E-state index is 13.8. The Balaban J connectivity index is 1.85. The van der Waals surface area contributed by atoms with E-state index in [0.717, 1.165) is 0 Å². The minimum atomic E-state index is -0.478. The SMILES string of the molecule is N#Cc1ccc(-c2nc(Cc3cccc(Cl)c3F)no2)s1. The standard InChI is InChI=1S/C14H7ClFN3OS/c15-10-3-1-2-8(13(10)16)6-12-18-14(20-19-12)11-5-4-9(7-17)21-11/h1-5H,6H2. The van der Waals surface area contributed by atoms with E-state index in [-0.39, 0.29) is 11.4 Å². The normalized spacial score (nSPS) is 10.5. The first kappa shape index (κ1) is 13.7. The van der Waals surface area contributed by atoms with Crippen LogP contribution in [-0.2, 0) is 6.42 Å². The minimum Gasteiger partial charge on any atom is -0.333 e. The van der Waals surface area contributed by atoms with Crippen LogP contribution < -0.4 is 0 Å². The summed E-state index contributed by atoms with van der Waals surface area (Å²) < 4.78 is 18.9. The third-order valence-corrected chi connectivity index (χ3v) is 4.05. The van der Waals surface area contributed by atoms with Gasteiger partial charge in [0.1, 0.15) is 16.8 Å². The van der Waals surface area contributed by atoms with Crippen molar-refractivity contribution in [3.63, 3.8) is 0 Å². The number of thiophene rings is 1.